The summed E-state index contributed by atoms with van der Waals surface area (Å²) in [6.45, 7) is 0. The lowest BCUT2D eigenvalue weighted by atomic mass is 10.2. The van der Waals surface area contributed by atoms with Gasteiger partial charge in [0.1, 0.15) is 23.6 Å². The van der Waals surface area contributed by atoms with Gasteiger partial charge in [0.25, 0.3) is 0 Å². The number of rotatable bonds is 2. The molecule has 2 aromatic carbocycles. The Morgan fingerprint density at radius 1 is 1.00 bits per heavy atom. The van der Waals surface area contributed by atoms with Gasteiger partial charge in [0, 0.05) is 10.0 Å². The van der Waals surface area contributed by atoms with Crippen molar-refractivity contribution in [2.45, 2.75) is 0 Å². The molecule has 0 aliphatic heterocycles. The van der Waals surface area contributed by atoms with Gasteiger partial charge in [-0.1, -0.05) is 15.9 Å². The number of halogens is 3. The van der Waals surface area contributed by atoms with E-state index in [9.17, 15) is 8.78 Å². The van der Waals surface area contributed by atoms with Gasteiger partial charge in [0.15, 0.2) is 5.82 Å². The summed E-state index contributed by atoms with van der Waals surface area (Å²) >= 11 is 3.20. The summed E-state index contributed by atoms with van der Waals surface area (Å²) in [5.74, 6) is -0.311. The fourth-order valence-electron chi connectivity index (χ4n) is 1.87. The lowest BCUT2D eigenvalue weighted by Gasteiger charge is -2.07. The Bertz CT molecular complexity index is 753. The van der Waals surface area contributed by atoms with Gasteiger partial charge >= 0.3 is 0 Å². The molecule has 20 heavy (non-hydrogen) atoms. The first-order chi connectivity index (χ1) is 9.65. The molecule has 0 aliphatic rings. The second-order valence-electron chi connectivity index (χ2n) is 4.10. The molecule has 0 radical (unpaired) electrons. The standard InChI is InChI=1S/C14H8BrF2N3/c15-10-3-6-13(12(17)7-10)20-14(18-8-19-20)9-1-4-11(16)5-2-9/h1-8H. The van der Waals surface area contributed by atoms with Crippen molar-refractivity contribution < 1.29 is 8.78 Å². The number of hydrogen-bond acceptors (Lipinski definition) is 2. The van der Waals surface area contributed by atoms with E-state index >= 15 is 0 Å². The highest BCUT2D eigenvalue weighted by Gasteiger charge is 2.13. The third kappa shape index (κ3) is 2.34. The van der Waals surface area contributed by atoms with Gasteiger partial charge < -0.3 is 0 Å². The molecule has 0 saturated carbocycles. The Balaban J connectivity index is 2.12. The molecule has 0 unspecified atom stereocenters. The summed E-state index contributed by atoms with van der Waals surface area (Å²) in [7, 11) is 0. The molecule has 3 rings (SSSR count). The van der Waals surface area contributed by atoms with E-state index in [1.165, 1.54) is 29.2 Å². The quantitative estimate of drug-likeness (QED) is 0.709. The molecule has 0 bridgehead atoms. The fraction of sp³-hybridized carbons (Fsp3) is 0. The van der Waals surface area contributed by atoms with Gasteiger partial charge in [-0.25, -0.2) is 18.4 Å². The number of benzene rings is 2. The van der Waals surface area contributed by atoms with E-state index in [1.807, 2.05) is 0 Å². The minimum absolute atomic E-state index is 0.282. The van der Waals surface area contributed by atoms with Crippen LogP contribution in [0, 0.1) is 11.6 Å². The first-order valence-corrected chi connectivity index (χ1v) is 6.56. The number of nitrogens with zero attached hydrogens (tertiary/aromatic N) is 3. The minimum atomic E-state index is -0.423. The summed E-state index contributed by atoms with van der Waals surface area (Å²) in [5.41, 5.74) is 0.941. The van der Waals surface area contributed by atoms with Crippen molar-refractivity contribution in [1.29, 1.82) is 0 Å². The van der Waals surface area contributed by atoms with Crippen molar-refractivity contribution in [3.63, 3.8) is 0 Å². The Labute approximate surface area is 122 Å². The van der Waals surface area contributed by atoms with Crippen LogP contribution >= 0.6 is 15.9 Å². The van der Waals surface area contributed by atoms with E-state index < -0.39 is 5.82 Å². The smallest absolute Gasteiger partial charge is 0.163 e. The van der Waals surface area contributed by atoms with Gasteiger partial charge in [0.2, 0.25) is 0 Å². The number of aromatic nitrogens is 3. The van der Waals surface area contributed by atoms with Crippen LogP contribution in [0.1, 0.15) is 0 Å². The lowest BCUT2D eigenvalue weighted by molar-refractivity contribution is 0.610. The zero-order chi connectivity index (χ0) is 14.1. The Morgan fingerprint density at radius 2 is 1.75 bits per heavy atom. The van der Waals surface area contributed by atoms with Crippen molar-refractivity contribution in [3.8, 4) is 17.1 Å². The minimum Gasteiger partial charge on any atom is -0.215 e. The highest BCUT2D eigenvalue weighted by atomic mass is 79.9. The van der Waals surface area contributed by atoms with Crippen molar-refractivity contribution in [2.24, 2.45) is 0 Å². The largest absolute Gasteiger partial charge is 0.215 e. The van der Waals surface area contributed by atoms with E-state index in [-0.39, 0.29) is 11.5 Å². The molecule has 3 nitrogen and oxygen atoms in total. The molecule has 100 valence electrons. The van der Waals surface area contributed by atoms with Gasteiger partial charge in [-0.15, -0.1) is 0 Å². The van der Waals surface area contributed by atoms with Crippen LogP contribution in [0.2, 0.25) is 0 Å². The maximum absolute atomic E-state index is 14.0. The topological polar surface area (TPSA) is 30.7 Å². The second-order valence-corrected chi connectivity index (χ2v) is 5.01. The average molecular weight is 336 g/mol. The molecule has 0 spiro atoms. The predicted octanol–water partition coefficient (Wildman–Crippen LogP) is 3.98. The number of hydrogen-bond donors (Lipinski definition) is 0. The zero-order valence-corrected chi connectivity index (χ0v) is 11.7. The molecule has 0 saturated heterocycles. The fourth-order valence-corrected chi connectivity index (χ4v) is 2.20. The average Bonchev–Trinajstić information content (AvgIpc) is 2.88. The summed E-state index contributed by atoms with van der Waals surface area (Å²) in [6.07, 6.45) is 1.33. The molecule has 1 heterocycles. The van der Waals surface area contributed by atoms with E-state index in [0.29, 0.717) is 15.9 Å². The third-order valence-corrected chi connectivity index (χ3v) is 3.28. The molecule has 1 aromatic heterocycles. The van der Waals surface area contributed by atoms with Crippen LogP contribution in [0.15, 0.2) is 53.3 Å². The molecule has 0 N–H and O–H groups in total. The third-order valence-electron chi connectivity index (χ3n) is 2.79. The first-order valence-electron chi connectivity index (χ1n) is 5.76. The zero-order valence-electron chi connectivity index (χ0n) is 10.1. The van der Waals surface area contributed by atoms with Crippen molar-refractivity contribution in [2.75, 3.05) is 0 Å². The van der Waals surface area contributed by atoms with E-state index in [0.717, 1.165) is 0 Å². The van der Waals surface area contributed by atoms with Crippen molar-refractivity contribution in [3.05, 3.63) is 64.9 Å². The van der Waals surface area contributed by atoms with E-state index in [4.69, 9.17) is 0 Å². The van der Waals surface area contributed by atoms with Crippen LogP contribution in [0.25, 0.3) is 17.1 Å². The molecule has 0 atom stereocenters. The van der Waals surface area contributed by atoms with Gasteiger partial charge in [-0.2, -0.15) is 5.10 Å². The van der Waals surface area contributed by atoms with Crippen LogP contribution in [-0.2, 0) is 0 Å². The SMILES string of the molecule is Fc1ccc(-c2ncnn2-c2ccc(Br)cc2F)cc1. The molecule has 0 fully saturated rings. The predicted molar refractivity (Wildman–Crippen MR) is 74.4 cm³/mol. The molecule has 0 aliphatic carbocycles. The molecular formula is C14H8BrF2N3. The maximum Gasteiger partial charge on any atom is 0.163 e. The summed E-state index contributed by atoms with van der Waals surface area (Å²) < 4.78 is 29.0. The van der Waals surface area contributed by atoms with E-state index in [2.05, 4.69) is 26.0 Å². The van der Waals surface area contributed by atoms with Gasteiger partial charge in [-0.3, -0.25) is 0 Å². The van der Waals surface area contributed by atoms with E-state index in [1.54, 1.807) is 24.3 Å². The Kier molecular flexibility index (Phi) is 3.31. The Morgan fingerprint density at radius 3 is 2.45 bits per heavy atom. The highest BCUT2D eigenvalue weighted by Crippen LogP contribution is 2.23. The molecular weight excluding hydrogens is 328 g/mol. The van der Waals surface area contributed by atoms with Crippen LogP contribution in [0.4, 0.5) is 8.78 Å². The van der Waals surface area contributed by atoms with Crippen LogP contribution in [-0.4, -0.2) is 14.8 Å². The van der Waals surface area contributed by atoms with Gasteiger partial charge in [0.05, 0.1) is 0 Å². The summed E-state index contributed by atoms with van der Waals surface area (Å²) in [6, 6.07) is 10.5. The van der Waals surface area contributed by atoms with Crippen LogP contribution in [0.3, 0.4) is 0 Å². The summed E-state index contributed by atoms with van der Waals surface area (Å²) in [4.78, 5) is 4.11. The second kappa shape index (κ2) is 5.13. The molecule has 0 amide bonds. The maximum atomic E-state index is 14.0. The molecule has 3 aromatic rings. The normalized spacial score (nSPS) is 10.8. The van der Waals surface area contributed by atoms with Crippen molar-refractivity contribution >= 4 is 15.9 Å². The van der Waals surface area contributed by atoms with Gasteiger partial charge in [-0.05, 0) is 42.5 Å². The highest BCUT2D eigenvalue weighted by molar-refractivity contribution is 9.10. The monoisotopic (exact) mass is 335 g/mol. The lowest BCUT2D eigenvalue weighted by Crippen LogP contribution is -2.02. The Hall–Kier alpha value is -2.08. The first kappa shape index (κ1) is 12.9. The van der Waals surface area contributed by atoms with Crippen molar-refractivity contribution in [1.82, 2.24) is 14.8 Å². The van der Waals surface area contributed by atoms with Crippen LogP contribution in [0.5, 0.6) is 0 Å². The van der Waals surface area contributed by atoms with Crippen LogP contribution < -0.4 is 0 Å². The molecule has 6 heteroatoms. The summed E-state index contributed by atoms with van der Waals surface area (Å²) in [5, 5.41) is 4.03.